The Morgan fingerprint density at radius 1 is 1.19 bits per heavy atom. The summed E-state index contributed by atoms with van der Waals surface area (Å²) in [5.41, 5.74) is 7.50. The van der Waals surface area contributed by atoms with Crippen LogP contribution in [0.25, 0.3) is 0 Å². The molecule has 0 aliphatic rings. The quantitative estimate of drug-likeness (QED) is 0.917. The highest BCUT2D eigenvalue weighted by Gasteiger charge is 2.23. The number of hydrogen-bond acceptors (Lipinski definition) is 3. The number of hydrogen-bond donors (Lipinski definition) is 1. The third kappa shape index (κ3) is 3.34. The van der Waals surface area contributed by atoms with Crippen molar-refractivity contribution in [2.24, 2.45) is 5.73 Å². The summed E-state index contributed by atoms with van der Waals surface area (Å²) in [5, 5.41) is 0. The van der Waals surface area contributed by atoms with Crippen molar-refractivity contribution >= 4 is 11.6 Å². The van der Waals surface area contributed by atoms with Gasteiger partial charge < -0.3 is 15.1 Å². The van der Waals surface area contributed by atoms with E-state index >= 15 is 0 Å². The highest BCUT2D eigenvalue weighted by atomic mass is 16.4. The van der Waals surface area contributed by atoms with Crippen molar-refractivity contribution in [3.63, 3.8) is 0 Å². The zero-order valence-corrected chi connectivity index (χ0v) is 12.8. The van der Waals surface area contributed by atoms with Crippen molar-refractivity contribution in [3.8, 4) is 0 Å². The van der Waals surface area contributed by atoms with Gasteiger partial charge in [-0.2, -0.15) is 0 Å². The fraction of sp³-hybridized carbons (Fsp3) is 0.353. The third-order valence-electron chi connectivity index (χ3n) is 3.41. The third-order valence-corrected chi connectivity index (χ3v) is 3.41. The minimum atomic E-state index is -0.120. The maximum atomic E-state index is 12.7. The molecule has 1 aromatic carbocycles. The number of nitrogens with two attached hydrogens (primary N) is 1. The van der Waals surface area contributed by atoms with Crippen molar-refractivity contribution in [1.29, 1.82) is 0 Å². The summed E-state index contributed by atoms with van der Waals surface area (Å²) in [6.07, 6.45) is 0.778. The van der Waals surface area contributed by atoms with Crippen LogP contribution >= 0.6 is 0 Å². The normalized spacial score (nSPS) is 10.9. The van der Waals surface area contributed by atoms with E-state index in [0.717, 1.165) is 23.4 Å². The summed E-state index contributed by atoms with van der Waals surface area (Å²) < 4.78 is 5.58. The Labute approximate surface area is 125 Å². The number of carbonyl (C=O) groups excluding carboxylic acids is 1. The molecule has 21 heavy (non-hydrogen) atoms. The molecule has 4 heteroatoms. The van der Waals surface area contributed by atoms with Crippen molar-refractivity contribution in [1.82, 2.24) is 0 Å². The highest BCUT2D eigenvalue weighted by Crippen LogP contribution is 2.22. The summed E-state index contributed by atoms with van der Waals surface area (Å²) in [6.45, 7) is 6.46. The van der Waals surface area contributed by atoms with Crippen LogP contribution in [0.15, 0.2) is 40.8 Å². The first kappa shape index (κ1) is 15.3. The van der Waals surface area contributed by atoms with Gasteiger partial charge in [0.25, 0.3) is 5.91 Å². The van der Waals surface area contributed by atoms with Gasteiger partial charge in [0.05, 0.1) is 0 Å². The molecule has 0 saturated heterocycles. The average Bonchev–Trinajstić information content (AvgIpc) is 2.96. The summed E-state index contributed by atoms with van der Waals surface area (Å²) >= 11 is 0. The van der Waals surface area contributed by atoms with Gasteiger partial charge in [-0.3, -0.25) is 4.79 Å². The molecule has 0 fully saturated rings. The molecule has 4 nitrogen and oxygen atoms in total. The number of benzene rings is 1. The second-order valence-corrected chi connectivity index (χ2v) is 5.26. The lowest BCUT2D eigenvalue weighted by atomic mass is 10.1. The molecule has 0 radical (unpaired) electrons. The van der Waals surface area contributed by atoms with Crippen LogP contribution in [0.1, 0.15) is 42.6 Å². The zero-order valence-electron chi connectivity index (χ0n) is 12.8. The Hall–Kier alpha value is -2.07. The van der Waals surface area contributed by atoms with E-state index in [4.69, 9.17) is 10.2 Å². The van der Waals surface area contributed by atoms with E-state index in [0.29, 0.717) is 12.3 Å². The summed E-state index contributed by atoms with van der Waals surface area (Å²) in [6, 6.07) is 11.4. The van der Waals surface area contributed by atoms with Gasteiger partial charge in [0.1, 0.15) is 5.76 Å². The van der Waals surface area contributed by atoms with Gasteiger partial charge in [-0.05, 0) is 43.7 Å². The standard InChI is InChI=1S/C17H22N2O2/c1-4-15-9-10-16(21-15)17(20)19(12(2)3)14-7-5-13(11-18)6-8-14/h5-10,12H,4,11,18H2,1-3H3. The molecule has 1 aromatic heterocycles. The van der Waals surface area contributed by atoms with Crippen LogP contribution in [0.2, 0.25) is 0 Å². The second-order valence-electron chi connectivity index (χ2n) is 5.26. The van der Waals surface area contributed by atoms with Gasteiger partial charge in [0.15, 0.2) is 5.76 Å². The number of rotatable bonds is 5. The first-order valence-electron chi connectivity index (χ1n) is 7.28. The molecule has 2 aromatic rings. The predicted molar refractivity (Wildman–Crippen MR) is 84.4 cm³/mol. The molecule has 1 amide bonds. The lowest BCUT2D eigenvalue weighted by Gasteiger charge is -2.26. The molecular weight excluding hydrogens is 264 g/mol. The van der Waals surface area contributed by atoms with Crippen molar-refractivity contribution in [2.45, 2.75) is 39.8 Å². The van der Waals surface area contributed by atoms with E-state index in [-0.39, 0.29) is 11.9 Å². The number of furan rings is 1. The Morgan fingerprint density at radius 3 is 2.33 bits per heavy atom. The molecule has 0 atom stereocenters. The van der Waals surface area contributed by atoms with Gasteiger partial charge in [0.2, 0.25) is 0 Å². The molecule has 0 bridgehead atoms. The molecular formula is C17H22N2O2. The lowest BCUT2D eigenvalue weighted by molar-refractivity contribution is 0.0952. The van der Waals surface area contributed by atoms with E-state index < -0.39 is 0 Å². The van der Waals surface area contributed by atoms with Crippen LogP contribution in [0.4, 0.5) is 5.69 Å². The lowest BCUT2D eigenvalue weighted by Crippen LogP contribution is -2.36. The zero-order chi connectivity index (χ0) is 15.4. The van der Waals surface area contributed by atoms with Crippen LogP contribution < -0.4 is 10.6 Å². The van der Waals surface area contributed by atoms with Crippen LogP contribution in [-0.2, 0) is 13.0 Å². The molecule has 1 heterocycles. The molecule has 0 spiro atoms. The van der Waals surface area contributed by atoms with E-state index in [1.54, 1.807) is 11.0 Å². The number of carbonyl (C=O) groups is 1. The van der Waals surface area contributed by atoms with Crippen LogP contribution in [0.3, 0.4) is 0 Å². The molecule has 112 valence electrons. The molecule has 0 aliphatic carbocycles. The number of aryl methyl sites for hydroxylation is 1. The van der Waals surface area contributed by atoms with Gasteiger partial charge in [0, 0.05) is 24.7 Å². The van der Waals surface area contributed by atoms with Gasteiger partial charge in [-0.15, -0.1) is 0 Å². The number of amides is 1. The smallest absolute Gasteiger partial charge is 0.294 e. The second kappa shape index (κ2) is 6.59. The maximum absolute atomic E-state index is 12.7. The van der Waals surface area contributed by atoms with E-state index in [2.05, 4.69) is 0 Å². The topological polar surface area (TPSA) is 59.5 Å². The van der Waals surface area contributed by atoms with E-state index in [1.165, 1.54) is 0 Å². The minimum Gasteiger partial charge on any atom is -0.456 e. The highest BCUT2D eigenvalue weighted by molar-refractivity contribution is 6.04. The Bertz CT molecular complexity index is 600. The van der Waals surface area contributed by atoms with Crippen LogP contribution in [0.5, 0.6) is 0 Å². The Kier molecular flexibility index (Phi) is 4.81. The molecule has 0 unspecified atom stereocenters. The summed E-state index contributed by atoms with van der Waals surface area (Å²) in [5.74, 6) is 1.08. The molecule has 0 aliphatic heterocycles. The summed E-state index contributed by atoms with van der Waals surface area (Å²) in [4.78, 5) is 14.4. The van der Waals surface area contributed by atoms with Crippen molar-refractivity contribution in [2.75, 3.05) is 4.90 Å². The number of anilines is 1. The monoisotopic (exact) mass is 286 g/mol. The molecule has 0 saturated carbocycles. The molecule has 2 rings (SSSR count). The Morgan fingerprint density at radius 2 is 1.86 bits per heavy atom. The first-order chi connectivity index (χ1) is 10.1. The summed E-state index contributed by atoms with van der Waals surface area (Å²) in [7, 11) is 0. The average molecular weight is 286 g/mol. The fourth-order valence-electron chi connectivity index (χ4n) is 2.24. The SMILES string of the molecule is CCc1ccc(C(=O)N(c2ccc(CN)cc2)C(C)C)o1. The van der Waals surface area contributed by atoms with E-state index in [9.17, 15) is 4.79 Å². The van der Waals surface area contributed by atoms with Gasteiger partial charge in [-0.25, -0.2) is 0 Å². The van der Waals surface area contributed by atoms with Crippen LogP contribution in [0, 0.1) is 0 Å². The molecule has 2 N–H and O–H groups in total. The predicted octanol–water partition coefficient (Wildman–Crippen LogP) is 3.36. The van der Waals surface area contributed by atoms with Crippen LogP contribution in [-0.4, -0.2) is 11.9 Å². The van der Waals surface area contributed by atoms with Gasteiger partial charge in [-0.1, -0.05) is 19.1 Å². The minimum absolute atomic E-state index is 0.0383. The van der Waals surface area contributed by atoms with E-state index in [1.807, 2.05) is 51.1 Å². The van der Waals surface area contributed by atoms with Gasteiger partial charge >= 0.3 is 0 Å². The number of nitrogens with zero attached hydrogens (tertiary/aromatic N) is 1. The first-order valence-corrected chi connectivity index (χ1v) is 7.28. The largest absolute Gasteiger partial charge is 0.456 e. The Balaban J connectivity index is 2.31. The maximum Gasteiger partial charge on any atom is 0.294 e. The fourth-order valence-corrected chi connectivity index (χ4v) is 2.24. The van der Waals surface area contributed by atoms with Crippen molar-refractivity contribution in [3.05, 3.63) is 53.5 Å². The van der Waals surface area contributed by atoms with Crippen molar-refractivity contribution < 1.29 is 9.21 Å².